The summed E-state index contributed by atoms with van der Waals surface area (Å²) in [6, 6.07) is 5.20. The average Bonchev–Trinajstić information content (AvgIpc) is 2.17. The first kappa shape index (κ1) is 15.1. The lowest BCUT2D eigenvalue weighted by atomic mass is 10.1. The molecule has 18 heavy (non-hydrogen) atoms. The Kier molecular flexibility index (Phi) is 4.53. The third kappa shape index (κ3) is 4.08. The first-order chi connectivity index (χ1) is 8.15. The van der Waals surface area contributed by atoms with Gasteiger partial charge in [0.25, 0.3) is 0 Å². The molecule has 0 heterocycles. The smallest absolute Gasteiger partial charge is 0.241 e. The van der Waals surface area contributed by atoms with Crippen molar-refractivity contribution in [2.75, 3.05) is 7.05 Å². The molecule has 0 bridgehead atoms. The van der Waals surface area contributed by atoms with Crippen LogP contribution >= 0.6 is 0 Å². The van der Waals surface area contributed by atoms with E-state index in [1.165, 1.54) is 0 Å². The fourth-order valence-corrected chi connectivity index (χ4v) is 3.13. The van der Waals surface area contributed by atoms with Gasteiger partial charge in [0.1, 0.15) is 0 Å². The molecule has 0 amide bonds. The van der Waals surface area contributed by atoms with Gasteiger partial charge in [-0.25, -0.2) is 13.1 Å². The van der Waals surface area contributed by atoms with Gasteiger partial charge in [-0.3, -0.25) is 0 Å². The standard InChI is InChI=1S/C13H22N2O2S/c1-10-6-7-12(8-11(10)9-14-5)18(16,17)15-13(2,3)4/h6-8,14-15H,9H2,1-5H3. The minimum atomic E-state index is -3.45. The zero-order valence-corrected chi connectivity index (χ0v) is 12.5. The molecule has 0 unspecified atom stereocenters. The van der Waals surface area contributed by atoms with Crippen LogP contribution in [0.15, 0.2) is 23.1 Å². The fraction of sp³-hybridized carbons (Fsp3) is 0.538. The zero-order chi connectivity index (χ0) is 14.0. The molecule has 0 aliphatic rings. The van der Waals surface area contributed by atoms with Gasteiger partial charge in [0.05, 0.1) is 4.90 Å². The van der Waals surface area contributed by atoms with Gasteiger partial charge in [-0.1, -0.05) is 6.07 Å². The summed E-state index contributed by atoms with van der Waals surface area (Å²) in [7, 11) is -1.61. The summed E-state index contributed by atoms with van der Waals surface area (Å²) >= 11 is 0. The van der Waals surface area contributed by atoms with E-state index in [9.17, 15) is 8.42 Å². The van der Waals surface area contributed by atoms with E-state index in [2.05, 4.69) is 10.0 Å². The van der Waals surface area contributed by atoms with Crippen LogP contribution < -0.4 is 10.0 Å². The SMILES string of the molecule is CNCc1cc(S(=O)(=O)NC(C)(C)C)ccc1C. The molecule has 1 rings (SSSR count). The van der Waals surface area contributed by atoms with Crippen molar-refractivity contribution in [1.29, 1.82) is 0 Å². The van der Waals surface area contributed by atoms with Crippen molar-refractivity contribution in [2.45, 2.75) is 44.7 Å². The monoisotopic (exact) mass is 270 g/mol. The maximum Gasteiger partial charge on any atom is 0.241 e. The van der Waals surface area contributed by atoms with Crippen LogP contribution in [0, 0.1) is 6.92 Å². The quantitative estimate of drug-likeness (QED) is 0.877. The Morgan fingerprint density at radius 2 is 1.83 bits per heavy atom. The predicted molar refractivity (Wildman–Crippen MR) is 74.0 cm³/mol. The second kappa shape index (κ2) is 5.38. The Balaban J connectivity index is 3.14. The van der Waals surface area contributed by atoms with Crippen molar-refractivity contribution >= 4 is 10.0 Å². The minimum Gasteiger partial charge on any atom is -0.316 e. The van der Waals surface area contributed by atoms with Crippen LogP contribution in [0.25, 0.3) is 0 Å². The molecule has 4 nitrogen and oxygen atoms in total. The molecule has 0 saturated heterocycles. The molecule has 1 aromatic carbocycles. The van der Waals surface area contributed by atoms with Crippen molar-refractivity contribution in [3.63, 3.8) is 0 Å². The summed E-state index contributed by atoms with van der Waals surface area (Å²) in [6.07, 6.45) is 0. The van der Waals surface area contributed by atoms with Gasteiger partial charge in [0.15, 0.2) is 0 Å². The van der Waals surface area contributed by atoms with Crippen LogP contribution in [0.2, 0.25) is 0 Å². The highest BCUT2D eigenvalue weighted by atomic mass is 32.2. The minimum absolute atomic E-state index is 0.313. The van der Waals surface area contributed by atoms with Crippen molar-refractivity contribution in [1.82, 2.24) is 10.0 Å². The van der Waals surface area contributed by atoms with Gasteiger partial charge < -0.3 is 5.32 Å². The van der Waals surface area contributed by atoms with E-state index in [-0.39, 0.29) is 0 Å². The Bertz CT molecular complexity index is 516. The van der Waals surface area contributed by atoms with E-state index in [0.717, 1.165) is 11.1 Å². The lowest BCUT2D eigenvalue weighted by molar-refractivity contribution is 0.491. The summed E-state index contributed by atoms with van der Waals surface area (Å²) in [5.41, 5.74) is 1.60. The van der Waals surface area contributed by atoms with E-state index >= 15 is 0 Å². The van der Waals surface area contributed by atoms with E-state index in [1.807, 2.05) is 40.8 Å². The van der Waals surface area contributed by atoms with Crippen LogP contribution in [0.1, 0.15) is 31.9 Å². The topological polar surface area (TPSA) is 58.2 Å². The Labute approximate surface area is 110 Å². The highest BCUT2D eigenvalue weighted by Gasteiger charge is 2.22. The Hall–Kier alpha value is -0.910. The van der Waals surface area contributed by atoms with Crippen LogP contribution in [0.3, 0.4) is 0 Å². The van der Waals surface area contributed by atoms with Crippen LogP contribution in [0.4, 0.5) is 0 Å². The van der Waals surface area contributed by atoms with Crippen molar-refractivity contribution in [3.8, 4) is 0 Å². The molecule has 0 fully saturated rings. The summed E-state index contributed by atoms with van der Waals surface area (Å²) in [4.78, 5) is 0.313. The number of hydrogen-bond acceptors (Lipinski definition) is 3. The van der Waals surface area contributed by atoms with Gasteiger partial charge in [-0.2, -0.15) is 0 Å². The molecule has 0 aromatic heterocycles. The molecule has 0 saturated carbocycles. The molecule has 0 spiro atoms. The number of benzene rings is 1. The zero-order valence-electron chi connectivity index (χ0n) is 11.7. The summed E-state index contributed by atoms with van der Waals surface area (Å²) in [5.74, 6) is 0. The van der Waals surface area contributed by atoms with E-state index in [4.69, 9.17) is 0 Å². The third-order valence-electron chi connectivity index (χ3n) is 2.44. The first-order valence-electron chi connectivity index (χ1n) is 5.94. The van der Waals surface area contributed by atoms with Gasteiger partial charge >= 0.3 is 0 Å². The largest absolute Gasteiger partial charge is 0.316 e. The third-order valence-corrected chi connectivity index (χ3v) is 4.19. The second-order valence-corrected chi connectivity index (χ2v) is 7.16. The predicted octanol–water partition coefficient (Wildman–Crippen LogP) is 1.79. The average molecular weight is 270 g/mol. The lowest BCUT2D eigenvalue weighted by Crippen LogP contribution is -2.40. The van der Waals surface area contributed by atoms with Gasteiger partial charge in [0, 0.05) is 12.1 Å². The molecule has 0 atom stereocenters. The second-order valence-electron chi connectivity index (χ2n) is 5.47. The normalized spacial score (nSPS) is 12.7. The van der Waals surface area contributed by atoms with Gasteiger partial charge in [0.2, 0.25) is 10.0 Å². The van der Waals surface area contributed by atoms with E-state index in [1.54, 1.807) is 12.1 Å². The molecule has 0 aliphatic heterocycles. The van der Waals surface area contributed by atoms with E-state index in [0.29, 0.717) is 11.4 Å². The number of nitrogens with one attached hydrogen (secondary N) is 2. The maximum atomic E-state index is 12.2. The highest BCUT2D eigenvalue weighted by Crippen LogP contribution is 2.17. The molecule has 102 valence electrons. The molecule has 5 heteroatoms. The summed E-state index contributed by atoms with van der Waals surface area (Å²) in [5, 5.41) is 3.04. The summed E-state index contributed by atoms with van der Waals surface area (Å²) in [6.45, 7) is 8.11. The Morgan fingerprint density at radius 1 is 1.22 bits per heavy atom. The molecular weight excluding hydrogens is 248 g/mol. The lowest BCUT2D eigenvalue weighted by Gasteiger charge is -2.20. The first-order valence-corrected chi connectivity index (χ1v) is 7.42. The van der Waals surface area contributed by atoms with Crippen LogP contribution in [-0.2, 0) is 16.6 Å². The summed E-state index contributed by atoms with van der Waals surface area (Å²) < 4.78 is 27.0. The van der Waals surface area contributed by atoms with Crippen LogP contribution in [0.5, 0.6) is 0 Å². The number of sulfonamides is 1. The van der Waals surface area contributed by atoms with Crippen molar-refractivity contribution < 1.29 is 8.42 Å². The highest BCUT2D eigenvalue weighted by molar-refractivity contribution is 7.89. The van der Waals surface area contributed by atoms with Crippen molar-refractivity contribution in [3.05, 3.63) is 29.3 Å². The number of aryl methyl sites for hydroxylation is 1. The molecular formula is C13H22N2O2S. The fourth-order valence-electron chi connectivity index (χ4n) is 1.66. The molecule has 2 N–H and O–H groups in total. The molecule has 0 aliphatic carbocycles. The van der Waals surface area contributed by atoms with E-state index < -0.39 is 15.6 Å². The van der Waals surface area contributed by atoms with Gasteiger partial charge in [-0.05, 0) is 58.0 Å². The number of hydrogen-bond donors (Lipinski definition) is 2. The molecule has 0 radical (unpaired) electrons. The Morgan fingerprint density at radius 3 is 2.33 bits per heavy atom. The maximum absolute atomic E-state index is 12.2. The van der Waals surface area contributed by atoms with Crippen LogP contribution in [-0.4, -0.2) is 21.0 Å². The van der Waals surface area contributed by atoms with Crippen molar-refractivity contribution in [2.24, 2.45) is 0 Å². The molecule has 1 aromatic rings. The van der Waals surface area contributed by atoms with Gasteiger partial charge in [-0.15, -0.1) is 0 Å². The number of rotatable bonds is 4.